The molecule has 20 heavy (non-hydrogen) atoms. The summed E-state index contributed by atoms with van der Waals surface area (Å²) in [6.07, 6.45) is 3.01. The average molecular weight is 276 g/mol. The summed E-state index contributed by atoms with van der Waals surface area (Å²) in [7, 11) is 0. The molecule has 1 amide bonds. The molecular weight excluding hydrogens is 252 g/mol. The number of ether oxygens (including phenoxy) is 1. The van der Waals surface area contributed by atoms with Gasteiger partial charge < -0.3 is 15.4 Å². The maximum absolute atomic E-state index is 12.1. The highest BCUT2D eigenvalue weighted by atomic mass is 16.5. The smallest absolute Gasteiger partial charge is 0.229 e. The van der Waals surface area contributed by atoms with Gasteiger partial charge in [-0.1, -0.05) is 19.1 Å². The van der Waals surface area contributed by atoms with Gasteiger partial charge in [0.25, 0.3) is 0 Å². The fraction of sp³-hybridized carbons (Fsp3) is 0.562. The van der Waals surface area contributed by atoms with Crippen molar-refractivity contribution in [3.05, 3.63) is 29.8 Å². The van der Waals surface area contributed by atoms with Gasteiger partial charge in [0.15, 0.2) is 0 Å². The maximum atomic E-state index is 12.1. The molecule has 0 bridgehead atoms. The monoisotopic (exact) mass is 276 g/mol. The van der Waals surface area contributed by atoms with E-state index in [1.54, 1.807) is 0 Å². The Bertz CT molecular complexity index is 428. The van der Waals surface area contributed by atoms with Crippen molar-refractivity contribution in [3.63, 3.8) is 0 Å². The van der Waals surface area contributed by atoms with Crippen molar-refractivity contribution >= 4 is 11.6 Å². The molecule has 4 nitrogen and oxygen atoms in total. The van der Waals surface area contributed by atoms with E-state index in [1.165, 1.54) is 5.56 Å². The molecule has 1 saturated heterocycles. The molecule has 2 rings (SSSR count). The first-order valence-electron chi connectivity index (χ1n) is 7.48. The van der Waals surface area contributed by atoms with Crippen LogP contribution in [-0.2, 0) is 16.1 Å². The standard InChI is InChI=1S/C16H24N2O2/c1-2-8-17-11-13-5-3-7-15(10-13)18-16(19)14-6-4-9-20-12-14/h3,5,7,10,14,17H,2,4,6,8-9,11-12H2,1H3,(H,18,19). The number of rotatable bonds is 6. The third-order valence-corrected chi connectivity index (χ3v) is 3.48. The number of hydrogen-bond donors (Lipinski definition) is 2. The Morgan fingerprint density at radius 2 is 2.35 bits per heavy atom. The van der Waals surface area contributed by atoms with Gasteiger partial charge in [-0.25, -0.2) is 0 Å². The molecule has 0 aromatic heterocycles. The van der Waals surface area contributed by atoms with Crippen LogP contribution in [0, 0.1) is 5.92 Å². The predicted octanol–water partition coefficient (Wildman–Crippen LogP) is 2.55. The Morgan fingerprint density at radius 1 is 1.45 bits per heavy atom. The van der Waals surface area contributed by atoms with Gasteiger partial charge in [-0.3, -0.25) is 4.79 Å². The summed E-state index contributed by atoms with van der Waals surface area (Å²) in [5.41, 5.74) is 2.06. The van der Waals surface area contributed by atoms with Crippen LogP contribution < -0.4 is 10.6 Å². The molecule has 1 aliphatic heterocycles. The topological polar surface area (TPSA) is 50.4 Å². The SMILES string of the molecule is CCCNCc1cccc(NC(=O)C2CCCOC2)c1. The summed E-state index contributed by atoms with van der Waals surface area (Å²) in [5, 5.41) is 6.36. The van der Waals surface area contributed by atoms with Crippen LogP contribution in [0.2, 0.25) is 0 Å². The zero-order chi connectivity index (χ0) is 14.2. The molecule has 1 fully saturated rings. The van der Waals surface area contributed by atoms with Crippen molar-refractivity contribution in [1.29, 1.82) is 0 Å². The van der Waals surface area contributed by atoms with Crippen molar-refractivity contribution in [1.82, 2.24) is 5.32 Å². The van der Waals surface area contributed by atoms with Gasteiger partial charge in [-0.15, -0.1) is 0 Å². The minimum absolute atomic E-state index is 0.00868. The van der Waals surface area contributed by atoms with Crippen molar-refractivity contribution in [2.75, 3.05) is 25.1 Å². The third-order valence-electron chi connectivity index (χ3n) is 3.48. The van der Waals surface area contributed by atoms with Crippen molar-refractivity contribution in [2.45, 2.75) is 32.7 Å². The molecule has 110 valence electrons. The lowest BCUT2D eigenvalue weighted by atomic mass is 10.0. The summed E-state index contributed by atoms with van der Waals surface area (Å²) in [4.78, 5) is 12.1. The second-order valence-corrected chi connectivity index (χ2v) is 5.28. The summed E-state index contributed by atoms with van der Waals surface area (Å²) >= 11 is 0. The molecule has 1 aromatic carbocycles. The molecule has 4 heteroatoms. The molecule has 1 aromatic rings. The van der Waals surface area contributed by atoms with Gasteiger partial charge in [0.1, 0.15) is 0 Å². The van der Waals surface area contributed by atoms with Crippen LogP contribution in [-0.4, -0.2) is 25.7 Å². The van der Waals surface area contributed by atoms with Crippen LogP contribution in [0.25, 0.3) is 0 Å². The van der Waals surface area contributed by atoms with E-state index in [0.717, 1.165) is 44.6 Å². The second-order valence-electron chi connectivity index (χ2n) is 5.28. The van der Waals surface area contributed by atoms with E-state index in [4.69, 9.17) is 4.74 Å². The first-order chi connectivity index (χ1) is 9.79. The fourth-order valence-electron chi connectivity index (χ4n) is 2.36. The molecule has 0 spiro atoms. The molecule has 0 radical (unpaired) electrons. The Kier molecular flexibility index (Phi) is 6.02. The quantitative estimate of drug-likeness (QED) is 0.785. The van der Waals surface area contributed by atoms with E-state index in [-0.39, 0.29) is 11.8 Å². The molecule has 1 heterocycles. The van der Waals surface area contributed by atoms with Crippen LogP contribution in [0.1, 0.15) is 31.7 Å². The third kappa shape index (κ3) is 4.62. The highest BCUT2D eigenvalue weighted by Crippen LogP contribution is 2.17. The molecule has 2 N–H and O–H groups in total. The Balaban J connectivity index is 1.88. The van der Waals surface area contributed by atoms with Crippen LogP contribution in [0.4, 0.5) is 5.69 Å². The first-order valence-corrected chi connectivity index (χ1v) is 7.48. The largest absolute Gasteiger partial charge is 0.381 e. The number of anilines is 1. The average Bonchev–Trinajstić information content (AvgIpc) is 2.49. The second kappa shape index (κ2) is 8.02. The minimum Gasteiger partial charge on any atom is -0.381 e. The number of carbonyl (C=O) groups excluding carboxylic acids is 1. The van der Waals surface area contributed by atoms with E-state index >= 15 is 0 Å². The molecule has 1 atom stereocenters. The van der Waals surface area contributed by atoms with Crippen molar-refractivity contribution < 1.29 is 9.53 Å². The van der Waals surface area contributed by atoms with E-state index < -0.39 is 0 Å². The molecule has 1 aliphatic rings. The Hall–Kier alpha value is -1.39. The highest BCUT2D eigenvalue weighted by molar-refractivity contribution is 5.92. The van der Waals surface area contributed by atoms with Gasteiger partial charge >= 0.3 is 0 Å². The Morgan fingerprint density at radius 3 is 3.10 bits per heavy atom. The molecule has 1 unspecified atom stereocenters. The zero-order valence-electron chi connectivity index (χ0n) is 12.2. The number of nitrogens with one attached hydrogen (secondary N) is 2. The van der Waals surface area contributed by atoms with Crippen molar-refractivity contribution in [3.8, 4) is 0 Å². The van der Waals surface area contributed by atoms with E-state index in [1.807, 2.05) is 18.2 Å². The van der Waals surface area contributed by atoms with Gasteiger partial charge in [0, 0.05) is 18.8 Å². The lowest BCUT2D eigenvalue weighted by Crippen LogP contribution is -2.30. The molecular formula is C16H24N2O2. The number of benzene rings is 1. The lowest BCUT2D eigenvalue weighted by molar-refractivity contribution is -0.123. The van der Waals surface area contributed by atoms with Crippen LogP contribution >= 0.6 is 0 Å². The minimum atomic E-state index is -0.00868. The van der Waals surface area contributed by atoms with Gasteiger partial charge in [-0.05, 0) is 43.5 Å². The first kappa shape index (κ1) is 15.0. The summed E-state index contributed by atoms with van der Waals surface area (Å²) in [5.74, 6) is 0.0639. The van der Waals surface area contributed by atoms with Crippen LogP contribution in [0.3, 0.4) is 0 Å². The van der Waals surface area contributed by atoms with Gasteiger partial charge in [0.05, 0.1) is 12.5 Å². The predicted molar refractivity (Wildman–Crippen MR) is 80.6 cm³/mol. The highest BCUT2D eigenvalue weighted by Gasteiger charge is 2.21. The van der Waals surface area contributed by atoms with Gasteiger partial charge in [0.2, 0.25) is 5.91 Å². The van der Waals surface area contributed by atoms with E-state index in [9.17, 15) is 4.79 Å². The summed E-state index contributed by atoms with van der Waals surface area (Å²) in [6.45, 7) is 5.32. The number of hydrogen-bond acceptors (Lipinski definition) is 3. The van der Waals surface area contributed by atoms with Gasteiger partial charge in [-0.2, -0.15) is 0 Å². The lowest BCUT2D eigenvalue weighted by Gasteiger charge is -2.21. The van der Waals surface area contributed by atoms with E-state index in [0.29, 0.717) is 6.61 Å². The summed E-state index contributed by atoms with van der Waals surface area (Å²) in [6, 6.07) is 8.02. The fourth-order valence-corrected chi connectivity index (χ4v) is 2.36. The number of amides is 1. The zero-order valence-corrected chi connectivity index (χ0v) is 12.2. The molecule has 0 aliphatic carbocycles. The normalized spacial score (nSPS) is 18.8. The van der Waals surface area contributed by atoms with Crippen LogP contribution in [0.15, 0.2) is 24.3 Å². The van der Waals surface area contributed by atoms with Crippen molar-refractivity contribution in [2.24, 2.45) is 5.92 Å². The number of carbonyl (C=O) groups is 1. The summed E-state index contributed by atoms with van der Waals surface area (Å²) < 4.78 is 5.36. The van der Waals surface area contributed by atoms with Crippen LogP contribution in [0.5, 0.6) is 0 Å². The molecule has 0 saturated carbocycles. The Labute approximate surface area is 120 Å². The maximum Gasteiger partial charge on any atom is 0.229 e. The van der Waals surface area contributed by atoms with E-state index in [2.05, 4.69) is 23.6 Å².